The van der Waals surface area contributed by atoms with Crippen LogP contribution in [0.2, 0.25) is 10.0 Å². The molecule has 0 aliphatic rings. The number of hydrogen-bond acceptors (Lipinski definition) is 4. The minimum Gasteiger partial charge on any atom is -0.273 e. The van der Waals surface area contributed by atoms with Crippen molar-refractivity contribution < 1.29 is 4.79 Å². The molecular formula is C13H11Cl2N3OS. The third-order valence-electron chi connectivity index (χ3n) is 2.36. The van der Waals surface area contributed by atoms with Crippen LogP contribution in [0.4, 0.5) is 0 Å². The Morgan fingerprint density at radius 3 is 2.95 bits per heavy atom. The first-order chi connectivity index (χ1) is 9.54. The van der Waals surface area contributed by atoms with Gasteiger partial charge in [-0.25, -0.2) is 10.4 Å². The van der Waals surface area contributed by atoms with Gasteiger partial charge in [-0.3, -0.25) is 4.79 Å². The molecule has 0 radical (unpaired) electrons. The molecule has 0 spiro atoms. The second kappa shape index (κ2) is 6.83. The molecule has 2 aromatic rings. The summed E-state index contributed by atoms with van der Waals surface area (Å²) in [6.45, 7) is 1.90. The van der Waals surface area contributed by atoms with Gasteiger partial charge < -0.3 is 0 Å². The molecule has 1 aromatic carbocycles. The average Bonchev–Trinajstić information content (AvgIpc) is 2.77. The van der Waals surface area contributed by atoms with E-state index in [1.807, 2.05) is 12.3 Å². The zero-order valence-electron chi connectivity index (χ0n) is 10.6. The van der Waals surface area contributed by atoms with Gasteiger partial charge in [-0.15, -0.1) is 11.3 Å². The highest BCUT2D eigenvalue weighted by molar-refractivity contribution is 7.09. The molecule has 1 aromatic heterocycles. The largest absolute Gasteiger partial charge is 0.273 e. The van der Waals surface area contributed by atoms with Crippen LogP contribution in [0, 0.1) is 6.92 Å². The Labute approximate surface area is 130 Å². The first-order valence-electron chi connectivity index (χ1n) is 5.72. The number of rotatable bonds is 4. The van der Waals surface area contributed by atoms with Crippen molar-refractivity contribution in [2.75, 3.05) is 0 Å². The molecule has 2 rings (SSSR count). The Morgan fingerprint density at radius 1 is 1.50 bits per heavy atom. The zero-order chi connectivity index (χ0) is 14.5. The van der Waals surface area contributed by atoms with Crippen molar-refractivity contribution in [1.29, 1.82) is 0 Å². The molecule has 0 bridgehead atoms. The van der Waals surface area contributed by atoms with Crippen molar-refractivity contribution in [3.05, 3.63) is 49.9 Å². The number of benzene rings is 1. The van der Waals surface area contributed by atoms with Crippen LogP contribution < -0.4 is 5.43 Å². The van der Waals surface area contributed by atoms with Crippen molar-refractivity contribution in [2.24, 2.45) is 5.10 Å². The third-order valence-corrected chi connectivity index (χ3v) is 3.75. The lowest BCUT2D eigenvalue weighted by Crippen LogP contribution is -2.19. The zero-order valence-corrected chi connectivity index (χ0v) is 12.9. The van der Waals surface area contributed by atoms with Gasteiger partial charge in [-0.2, -0.15) is 5.10 Å². The summed E-state index contributed by atoms with van der Waals surface area (Å²) in [6.07, 6.45) is 1.68. The fraction of sp³-hybridized carbons (Fsp3) is 0.154. The van der Waals surface area contributed by atoms with Gasteiger partial charge >= 0.3 is 0 Å². The number of hydrogen-bond donors (Lipinski definition) is 1. The van der Waals surface area contributed by atoms with Crippen LogP contribution in [0.3, 0.4) is 0 Å². The summed E-state index contributed by atoms with van der Waals surface area (Å²) in [5, 5.41) is 7.68. The Morgan fingerprint density at radius 2 is 2.30 bits per heavy atom. The van der Waals surface area contributed by atoms with Crippen LogP contribution in [0.5, 0.6) is 0 Å². The minimum absolute atomic E-state index is 0.204. The Hall–Kier alpha value is -1.43. The number of carbonyl (C=O) groups is 1. The molecular weight excluding hydrogens is 317 g/mol. The van der Waals surface area contributed by atoms with E-state index in [4.69, 9.17) is 23.2 Å². The Kier molecular flexibility index (Phi) is 5.11. The van der Waals surface area contributed by atoms with Crippen LogP contribution in [-0.4, -0.2) is 17.1 Å². The molecule has 0 unspecified atom stereocenters. The average molecular weight is 328 g/mol. The number of thiazole rings is 1. The minimum atomic E-state index is -0.225. The molecule has 1 N–H and O–H groups in total. The Bertz CT molecular complexity index is 655. The maximum atomic E-state index is 11.6. The van der Waals surface area contributed by atoms with Crippen LogP contribution in [0.1, 0.15) is 16.3 Å². The number of amides is 1. The second-order valence-corrected chi connectivity index (χ2v) is 5.90. The predicted molar refractivity (Wildman–Crippen MR) is 82.8 cm³/mol. The van der Waals surface area contributed by atoms with Crippen LogP contribution in [0.25, 0.3) is 0 Å². The molecule has 7 heteroatoms. The molecule has 1 heterocycles. The summed E-state index contributed by atoms with van der Waals surface area (Å²) in [5.41, 5.74) is 3.86. The molecule has 0 fully saturated rings. The SMILES string of the molecule is Cc1nc(CC(=O)NN=Cc2ccc(Cl)cc2Cl)cs1. The predicted octanol–water partition coefficient (Wildman–Crippen LogP) is 3.45. The van der Waals surface area contributed by atoms with Gasteiger partial charge in [0.05, 0.1) is 28.4 Å². The standard InChI is InChI=1S/C13H11Cl2N3OS/c1-8-17-11(7-20-8)5-13(19)18-16-6-9-2-3-10(14)4-12(9)15/h2-4,6-7H,5H2,1H3,(H,18,19). The van der Waals surface area contributed by atoms with Crippen LogP contribution in [0.15, 0.2) is 28.7 Å². The highest BCUT2D eigenvalue weighted by Crippen LogP contribution is 2.19. The van der Waals surface area contributed by atoms with E-state index in [0.29, 0.717) is 15.6 Å². The number of aromatic nitrogens is 1. The van der Waals surface area contributed by atoms with Gasteiger partial charge in [-0.1, -0.05) is 29.3 Å². The fourth-order valence-electron chi connectivity index (χ4n) is 1.47. The van der Waals surface area contributed by atoms with E-state index < -0.39 is 0 Å². The number of nitrogens with one attached hydrogen (secondary N) is 1. The highest BCUT2D eigenvalue weighted by atomic mass is 35.5. The lowest BCUT2D eigenvalue weighted by Gasteiger charge is -1.99. The summed E-state index contributed by atoms with van der Waals surface area (Å²) in [5.74, 6) is -0.225. The normalized spacial score (nSPS) is 10.9. The van der Waals surface area contributed by atoms with Crippen LogP contribution in [-0.2, 0) is 11.2 Å². The van der Waals surface area contributed by atoms with E-state index in [2.05, 4.69) is 15.5 Å². The summed E-state index contributed by atoms with van der Waals surface area (Å²) in [6, 6.07) is 5.04. The third kappa shape index (κ3) is 4.30. The monoisotopic (exact) mass is 327 g/mol. The van der Waals surface area contributed by atoms with Crippen LogP contribution >= 0.6 is 34.5 Å². The summed E-state index contributed by atoms with van der Waals surface area (Å²) >= 11 is 13.3. The molecule has 20 heavy (non-hydrogen) atoms. The van der Waals surface area contributed by atoms with E-state index in [0.717, 1.165) is 10.7 Å². The van der Waals surface area contributed by atoms with E-state index in [-0.39, 0.29) is 12.3 Å². The molecule has 0 saturated heterocycles. The number of aryl methyl sites for hydroxylation is 1. The van der Waals surface area contributed by atoms with Crippen molar-refractivity contribution in [2.45, 2.75) is 13.3 Å². The summed E-state index contributed by atoms with van der Waals surface area (Å²) in [7, 11) is 0. The topological polar surface area (TPSA) is 54.4 Å². The molecule has 0 atom stereocenters. The molecule has 1 amide bonds. The summed E-state index contributed by atoms with van der Waals surface area (Å²) < 4.78 is 0. The smallest absolute Gasteiger partial charge is 0.246 e. The lowest BCUT2D eigenvalue weighted by molar-refractivity contribution is -0.120. The maximum Gasteiger partial charge on any atom is 0.246 e. The van der Waals surface area contributed by atoms with Gasteiger partial charge in [0, 0.05) is 16.0 Å². The van der Waals surface area contributed by atoms with Gasteiger partial charge in [-0.05, 0) is 19.1 Å². The molecule has 0 aliphatic heterocycles. The number of carbonyl (C=O) groups excluding carboxylic acids is 1. The van der Waals surface area contributed by atoms with Crippen molar-refractivity contribution in [3.8, 4) is 0 Å². The first kappa shape index (κ1) is 15.0. The Balaban J connectivity index is 1.91. The van der Waals surface area contributed by atoms with E-state index in [1.54, 1.807) is 18.2 Å². The molecule has 0 aliphatic carbocycles. The van der Waals surface area contributed by atoms with Gasteiger partial charge in [0.15, 0.2) is 0 Å². The van der Waals surface area contributed by atoms with E-state index in [9.17, 15) is 4.79 Å². The number of nitrogens with zero attached hydrogens (tertiary/aromatic N) is 2. The fourth-order valence-corrected chi connectivity index (χ4v) is 2.54. The second-order valence-electron chi connectivity index (χ2n) is 3.99. The lowest BCUT2D eigenvalue weighted by atomic mass is 10.2. The molecule has 4 nitrogen and oxygen atoms in total. The van der Waals surface area contributed by atoms with Gasteiger partial charge in [0.1, 0.15) is 0 Å². The maximum absolute atomic E-state index is 11.6. The molecule has 0 saturated carbocycles. The quantitative estimate of drug-likeness (QED) is 0.690. The number of halogens is 2. The number of hydrazone groups is 1. The van der Waals surface area contributed by atoms with E-state index >= 15 is 0 Å². The van der Waals surface area contributed by atoms with Crippen molar-refractivity contribution in [3.63, 3.8) is 0 Å². The first-order valence-corrected chi connectivity index (χ1v) is 7.36. The van der Waals surface area contributed by atoms with Crippen molar-refractivity contribution >= 4 is 46.7 Å². The van der Waals surface area contributed by atoms with Crippen molar-refractivity contribution in [1.82, 2.24) is 10.4 Å². The molecule has 104 valence electrons. The van der Waals surface area contributed by atoms with Gasteiger partial charge in [0.2, 0.25) is 5.91 Å². The highest BCUT2D eigenvalue weighted by Gasteiger charge is 2.05. The van der Waals surface area contributed by atoms with Gasteiger partial charge in [0.25, 0.3) is 0 Å². The summed E-state index contributed by atoms with van der Waals surface area (Å²) in [4.78, 5) is 15.8. The van der Waals surface area contributed by atoms with E-state index in [1.165, 1.54) is 17.6 Å².